The number of carbonyl (C=O) groups excluding carboxylic acids is 4. The predicted octanol–water partition coefficient (Wildman–Crippen LogP) is 7.55. The molecule has 6 atom stereocenters. The second kappa shape index (κ2) is 11.9. The number of rotatable bonds is 5. The van der Waals surface area contributed by atoms with Gasteiger partial charge in [0.15, 0.2) is 33.0 Å². The minimum Gasteiger partial charge on any atom is -0.507 e. The maximum Gasteiger partial charge on any atom is 0.258 e. The summed E-state index contributed by atoms with van der Waals surface area (Å²) in [5, 5.41) is 11.8. The molecule has 2 aliphatic heterocycles. The van der Waals surface area contributed by atoms with Crippen LogP contribution in [0.5, 0.6) is 5.75 Å². The number of aromatic hydroxyl groups is 1. The molecule has 0 aromatic heterocycles. The second-order valence-corrected chi connectivity index (χ2v) is 14.6. The van der Waals surface area contributed by atoms with Gasteiger partial charge in [-0.15, -0.1) is 29.8 Å². The van der Waals surface area contributed by atoms with Gasteiger partial charge in [-0.05, 0) is 55.4 Å². The van der Waals surface area contributed by atoms with E-state index in [1.165, 1.54) is 36.4 Å². The third-order valence-corrected chi connectivity index (χ3v) is 12.3. The van der Waals surface area contributed by atoms with Crippen molar-refractivity contribution >= 4 is 69.8 Å². The maximum absolute atomic E-state index is 15.3. The fourth-order valence-electron chi connectivity index (χ4n) is 8.05. The van der Waals surface area contributed by atoms with Gasteiger partial charge in [0.05, 0.1) is 17.5 Å². The number of carbonyl (C=O) groups is 4. The molecule has 0 spiro atoms. The monoisotopic (exact) mass is 764 g/mol. The zero-order valence-electron chi connectivity index (χ0n) is 26.3. The number of phenols is 1. The number of anilines is 2. The van der Waals surface area contributed by atoms with Gasteiger partial charge in [0.25, 0.3) is 11.8 Å². The number of benzene rings is 3. The van der Waals surface area contributed by atoms with E-state index in [9.17, 15) is 37.5 Å². The van der Waals surface area contributed by atoms with Crippen LogP contribution in [0.4, 0.5) is 33.3 Å². The molecule has 15 heteroatoms. The average Bonchev–Trinajstić information content (AvgIpc) is 3.43. The van der Waals surface area contributed by atoms with Crippen molar-refractivity contribution in [3.05, 3.63) is 112 Å². The molecule has 3 aromatic rings. The number of amides is 4. The Morgan fingerprint density at radius 3 is 2.18 bits per heavy atom. The van der Waals surface area contributed by atoms with Crippen LogP contribution in [0.25, 0.3) is 0 Å². The predicted molar refractivity (Wildman–Crippen MR) is 177 cm³/mol. The molecular weight excluding hydrogens is 742 g/mol. The number of halogens is 8. The number of allylic oxidation sites excluding steroid dienone is 3. The molecular formula is C36H24Cl3F5N2O5. The van der Waals surface area contributed by atoms with Gasteiger partial charge in [-0.25, -0.2) is 31.8 Å². The third kappa shape index (κ3) is 4.55. The van der Waals surface area contributed by atoms with Gasteiger partial charge in [-0.1, -0.05) is 53.6 Å². The van der Waals surface area contributed by atoms with E-state index in [1.807, 2.05) is 0 Å². The summed E-state index contributed by atoms with van der Waals surface area (Å²) >= 11 is 20.6. The summed E-state index contributed by atoms with van der Waals surface area (Å²) in [5.74, 6) is -22.3. The van der Waals surface area contributed by atoms with Gasteiger partial charge < -0.3 is 5.11 Å². The smallest absolute Gasteiger partial charge is 0.258 e. The van der Waals surface area contributed by atoms with Crippen LogP contribution in [0.2, 0.25) is 5.02 Å². The Morgan fingerprint density at radius 1 is 0.902 bits per heavy atom. The summed E-state index contributed by atoms with van der Waals surface area (Å²) in [6, 6.07) is 8.99. The van der Waals surface area contributed by atoms with Crippen molar-refractivity contribution in [2.45, 2.75) is 41.9 Å². The first-order valence-corrected chi connectivity index (χ1v) is 16.7. The summed E-state index contributed by atoms with van der Waals surface area (Å²) in [4.78, 5) is 52.1. The third-order valence-electron chi connectivity index (χ3n) is 10.5. The zero-order chi connectivity index (χ0) is 37.1. The molecule has 3 aromatic carbocycles. The zero-order valence-corrected chi connectivity index (χ0v) is 28.5. The molecule has 6 unspecified atom stereocenters. The van der Waals surface area contributed by atoms with Crippen molar-refractivity contribution in [1.82, 2.24) is 0 Å². The first kappa shape index (κ1) is 35.2. The number of hydrogen-bond acceptors (Lipinski definition) is 5. The minimum absolute atomic E-state index is 0.0630. The first-order valence-electron chi connectivity index (χ1n) is 15.6. The van der Waals surface area contributed by atoms with Crippen LogP contribution in [0, 0.1) is 53.8 Å². The fourth-order valence-corrected chi connectivity index (χ4v) is 9.15. The van der Waals surface area contributed by atoms with Crippen molar-refractivity contribution in [1.29, 1.82) is 0 Å². The van der Waals surface area contributed by atoms with Crippen LogP contribution >= 0.6 is 34.8 Å². The van der Waals surface area contributed by atoms with E-state index in [2.05, 4.69) is 6.58 Å². The molecule has 1 N–H and O–H groups in total. The van der Waals surface area contributed by atoms with Crippen LogP contribution in [0.15, 0.2) is 60.7 Å². The van der Waals surface area contributed by atoms with Crippen LogP contribution in [0.1, 0.15) is 35.4 Å². The van der Waals surface area contributed by atoms with Crippen molar-refractivity contribution in [3.63, 3.8) is 0 Å². The van der Waals surface area contributed by atoms with Crippen LogP contribution in [0.3, 0.4) is 0 Å². The molecule has 7 nitrogen and oxygen atoms in total. The van der Waals surface area contributed by atoms with E-state index in [1.54, 1.807) is 19.1 Å². The summed E-state index contributed by atoms with van der Waals surface area (Å²) < 4.78 is 73.5. The Kier molecular flexibility index (Phi) is 8.20. The van der Waals surface area contributed by atoms with E-state index in [0.29, 0.717) is 11.1 Å². The van der Waals surface area contributed by atoms with Gasteiger partial charge in [-0.3, -0.25) is 19.2 Å². The molecule has 4 amide bonds. The van der Waals surface area contributed by atoms with Gasteiger partial charge in [-0.2, -0.15) is 0 Å². The van der Waals surface area contributed by atoms with Crippen LogP contribution in [-0.4, -0.2) is 38.5 Å². The van der Waals surface area contributed by atoms with E-state index >= 15 is 8.78 Å². The van der Waals surface area contributed by atoms with E-state index in [-0.39, 0.29) is 39.6 Å². The molecule has 264 valence electrons. The number of fused-ring (bicyclic) bond motifs is 4. The molecule has 2 aliphatic carbocycles. The highest BCUT2D eigenvalue weighted by atomic mass is 35.5. The van der Waals surface area contributed by atoms with Gasteiger partial charge in [0.2, 0.25) is 17.6 Å². The summed E-state index contributed by atoms with van der Waals surface area (Å²) in [7, 11) is 0. The molecule has 4 aliphatic rings. The normalized spacial score (nSPS) is 28.5. The number of phenolic OH excluding ortho intramolecular Hbond substituents is 1. The standard InChI is InChI=1S/C36H24Cl3F5N2O5/c1-3-5-15-6-4-7-19(30(15)47)23-17-10-11-18-22(32(49)45(31(18)48)16-9-8-14(2)21(37)12-16)20(17)13-35(38)33(50)46(34(51)36(23,35)39)29-27(43)25(41)24(40)26(42)28(29)44/h3-4,6-10,12,18,20,22-23,47H,1,5,11,13H2,2H3. The molecule has 7 rings (SSSR count). The Bertz CT molecular complexity index is 2150. The van der Waals surface area contributed by atoms with Gasteiger partial charge >= 0.3 is 0 Å². The minimum atomic E-state index is -2.76. The molecule has 0 bridgehead atoms. The number of alkyl halides is 2. The topological polar surface area (TPSA) is 95.0 Å². The lowest BCUT2D eigenvalue weighted by Crippen LogP contribution is -2.60. The van der Waals surface area contributed by atoms with Crippen LogP contribution < -0.4 is 9.80 Å². The summed E-state index contributed by atoms with van der Waals surface area (Å²) in [6.45, 7) is 5.39. The highest BCUT2D eigenvalue weighted by Gasteiger charge is 2.77. The highest BCUT2D eigenvalue weighted by molar-refractivity contribution is 6.58. The number of para-hydroxylation sites is 1. The molecule has 0 radical (unpaired) electrons. The molecule has 2 heterocycles. The van der Waals surface area contributed by atoms with E-state index < -0.39 is 104 Å². The van der Waals surface area contributed by atoms with Crippen molar-refractivity contribution < 1.29 is 46.2 Å². The highest BCUT2D eigenvalue weighted by Crippen LogP contribution is 2.67. The van der Waals surface area contributed by atoms with E-state index in [4.69, 9.17) is 34.8 Å². The lowest BCUT2D eigenvalue weighted by atomic mass is 9.56. The maximum atomic E-state index is 15.3. The van der Waals surface area contributed by atoms with E-state index in [0.717, 1.165) is 4.90 Å². The Morgan fingerprint density at radius 2 is 1.55 bits per heavy atom. The number of aryl methyl sites for hydroxylation is 1. The first-order chi connectivity index (χ1) is 24.0. The number of nitrogens with zero attached hydrogens (tertiary/aromatic N) is 2. The molecule has 51 heavy (non-hydrogen) atoms. The van der Waals surface area contributed by atoms with Crippen molar-refractivity contribution in [3.8, 4) is 5.75 Å². The fraction of sp³-hybridized carbons (Fsp3) is 0.278. The second-order valence-electron chi connectivity index (χ2n) is 13.0. The summed E-state index contributed by atoms with van der Waals surface area (Å²) in [6.07, 6.45) is 2.40. The Hall–Kier alpha value is -4.26. The lowest BCUT2D eigenvalue weighted by Gasteiger charge is -2.50. The SMILES string of the molecule is C=CCc1cccc(C2C3=CCC4C(=O)N(c5ccc(C)c(Cl)c5)C(=O)C4C3CC3(Cl)C(=O)N(c4c(F)c(F)c(F)c(F)c4F)C(=O)C23Cl)c1O. The molecule has 3 fully saturated rings. The van der Waals surface area contributed by atoms with Crippen molar-refractivity contribution in [2.24, 2.45) is 17.8 Å². The molecule has 1 saturated carbocycles. The lowest BCUT2D eigenvalue weighted by molar-refractivity contribution is -0.125. The Balaban J connectivity index is 1.45. The van der Waals surface area contributed by atoms with Gasteiger partial charge in [0, 0.05) is 16.5 Å². The largest absolute Gasteiger partial charge is 0.507 e. The van der Waals surface area contributed by atoms with Gasteiger partial charge in [0.1, 0.15) is 11.4 Å². The number of imide groups is 2. The Labute approximate surface area is 301 Å². The number of hydrogen-bond donors (Lipinski definition) is 1. The average molecular weight is 766 g/mol. The van der Waals surface area contributed by atoms with Crippen molar-refractivity contribution in [2.75, 3.05) is 9.80 Å². The quantitative estimate of drug-likeness (QED) is 0.0724. The van der Waals surface area contributed by atoms with Crippen LogP contribution in [-0.2, 0) is 25.6 Å². The molecule has 2 saturated heterocycles. The summed E-state index contributed by atoms with van der Waals surface area (Å²) in [5.41, 5.74) is -0.608.